The Kier molecular flexibility index (Phi) is 8.57. The topological polar surface area (TPSA) is 111 Å². The summed E-state index contributed by atoms with van der Waals surface area (Å²) >= 11 is 1.55. The number of ether oxygens (including phenoxy) is 1. The molecule has 2 saturated heterocycles. The Bertz CT molecular complexity index is 1500. The van der Waals surface area contributed by atoms with Crippen molar-refractivity contribution in [2.24, 2.45) is 0 Å². The fraction of sp³-hybridized carbons (Fsp3) is 0.333. The van der Waals surface area contributed by atoms with Gasteiger partial charge >= 0.3 is 0 Å². The zero-order valence-corrected chi connectivity index (χ0v) is 23.7. The molecule has 41 heavy (non-hydrogen) atoms. The van der Waals surface area contributed by atoms with Crippen molar-refractivity contribution < 1.29 is 9.53 Å². The van der Waals surface area contributed by atoms with Crippen LogP contribution in [0, 0.1) is 0 Å². The SMILES string of the molecule is C=CSNC1CCCN(Cc2ccnc(C(=O)Nc3ccc(-c4cc5c(N6CCOCC6)ncnc5[nH]4)cc3)c2)C1. The van der Waals surface area contributed by atoms with E-state index in [0.717, 1.165) is 79.2 Å². The average Bonchev–Trinajstić information content (AvgIpc) is 3.46. The van der Waals surface area contributed by atoms with Gasteiger partial charge in [0.1, 0.15) is 23.5 Å². The molecular weight excluding hydrogens is 536 g/mol. The highest BCUT2D eigenvalue weighted by molar-refractivity contribution is 8.00. The van der Waals surface area contributed by atoms with Crippen molar-refractivity contribution in [3.05, 3.63) is 78.2 Å². The predicted molar refractivity (Wildman–Crippen MR) is 164 cm³/mol. The molecule has 1 amide bonds. The summed E-state index contributed by atoms with van der Waals surface area (Å²) < 4.78 is 8.94. The van der Waals surface area contributed by atoms with Crippen molar-refractivity contribution in [3.8, 4) is 11.3 Å². The van der Waals surface area contributed by atoms with Crippen molar-refractivity contribution in [1.29, 1.82) is 0 Å². The van der Waals surface area contributed by atoms with Gasteiger partial charge in [-0.3, -0.25) is 19.4 Å². The third-order valence-corrected chi connectivity index (χ3v) is 8.09. The lowest BCUT2D eigenvalue weighted by molar-refractivity contribution is 0.102. The van der Waals surface area contributed by atoms with E-state index >= 15 is 0 Å². The summed E-state index contributed by atoms with van der Waals surface area (Å²) in [5.74, 6) is 0.694. The van der Waals surface area contributed by atoms with Crippen molar-refractivity contribution in [2.75, 3.05) is 49.6 Å². The van der Waals surface area contributed by atoms with Gasteiger partial charge in [0, 0.05) is 49.8 Å². The van der Waals surface area contributed by atoms with Gasteiger partial charge in [0.05, 0.1) is 18.6 Å². The van der Waals surface area contributed by atoms with Gasteiger partial charge in [-0.1, -0.05) is 30.7 Å². The molecule has 0 aliphatic carbocycles. The van der Waals surface area contributed by atoms with E-state index in [1.165, 1.54) is 0 Å². The van der Waals surface area contributed by atoms with E-state index in [0.29, 0.717) is 30.6 Å². The van der Waals surface area contributed by atoms with Gasteiger partial charge in [-0.15, -0.1) is 0 Å². The van der Waals surface area contributed by atoms with Gasteiger partial charge in [-0.25, -0.2) is 9.97 Å². The number of nitrogens with one attached hydrogen (secondary N) is 3. The number of aromatic amines is 1. The number of piperidine rings is 1. The molecule has 2 fully saturated rings. The van der Waals surface area contributed by atoms with Crippen LogP contribution in [0.25, 0.3) is 22.3 Å². The summed E-state index contributed by atoms with van der Waals surface area (Å²) in [4.78, 5) is 34.4. The van der Waals surface area contributed by atoms with Crippen molar-refractivity contribution in [3.63, 3.8) is 0 Å². The number of rotatable bonds is 9. The predicted octanol–water partition coefficient (Wildman–Crippen LogP) is 4.45. The number of hydrogen-bond acceptors (Lipinski definition) is 9. The number of benzene rings is 1. The number of pyridine rings is 1. The minimum absolute atomic E-state index is 0.226. The maximum Gasteiger partial charge on any atom is 0.274 e. The van der Waals surface area contributed by atoms with Crippen LogP contribution in [0.1, 0.15) is 28.9 Å². The molecule has 3 N–H and O–H groups in total. The Morgan fingerprint density at radius 2 is 1.98 bits per heavy atom. The first-order chi connectivity index (χ1) is 20.2. The highest BCUT2D eigenvalue weighted by atomic mass is 32.2. The molecule has 0 radical (unpaired) electrons. The Morgan fingerprint density at radius 3 is 2.80 bits per heavy atom. The average molecular weight is 571 g/mol. The summed E-state index contributed by atoms with van der Waals surface area (Å²) in [7, 11) is 0. The fourth-order valence-corrected chi connectivity index (χ4v) is 5.91. The molecule has 5 heterocycles. The molecule has 1 aromatic carbocycles. The third kappa shape index (κ3) is 6.59. The van der Waals surface area contributed by atoms with Crippen LogP contribution < -0.4 is 14.9 Å². The summed E-state index contributed by atoms with van der Waals surface area (Å²) in [6.07, 6.45) is 5.61. The number of aromatic nitrogens is 4. The first-order valence-corrected chi connectivity index (χ1v) is 14.8. The Balaban J connectivity index is 1.10. The number of carbonyl (C=O) groups excluding carboxylic acids is 1. The maximum atomic E-state index is 13.0. The number of amides is 1. The molecule has 6 rings (SSSR count). The summed E-state index contributed by atoms with van der Waals surface area (Å²) in [6.45, 7) is 9.58. The van der Waals surface area contributed by atoms with Crippen LogP contribution >= 0.6 is 11.9 Å². The minimum atomic E-state index is -0.226. The van der Waals surface area contributed by atoms with Crippen LogP contribution in [0.2, 0.25) is 0 Å². The quantitative estimate of drug-likeness (QED) is 0.251. The summed E-state index contributed by atoms with van der Waals surface area (Å²) in [6, 6.07) is 14.2. The molecule has 10 nitrogen and oxygen atoms in total. The molecule has 3 aromatic heterocycles. The van der Waals surface area contributed by atoms with Crippen molar-refractivity contribution in [2.45, 2.75) is 25.4 Å². The first-order valence-electron chi connectivity index (χ1n) is 13.9. The Morgan fingerprint density at radius 1 is 1.12 bits per heavy atom. The Hall–Kier alpha value is -3.77. The number of carbonyl (C=O) groups is 1. The lowest BCUT2D eigenvalue weighted by atomic mass is 10.1. The second-order valence-electron chi connectivity index (χ2n) is 10.3. The minimum Gasteiger partial charge on any atom is -0.378 e. The summed E-state index contributed by atoms with van der Waals surface area (Å²) in [5.41, 5.74) is 4.93. The monoisotopic (exact) mass is 570 g/mol. The van der Waals surface area contributed by atoms with Crippen LogP contribution in [0.3, 0.4) is 0 Å². The van der Waals surface area contributed by atoms with Gasteiger partial charge in [0.2, 0.25) is 0 Å². The zero-order valence-electron chi connectivity index (χ0n) is 22.9. The highest BCUT2D eigenvalue weighted by Crippen LogP contribution is 2.29. The van der Waals surface area contributed by atoms with Gasteiger partial charge in [-0.05, 0) is 66.3 Å². The molecule has 0 saturated carbocycles. The third-order valence-electron chi connectivity index (χ3n) is 7.46. The largest absolute Gasteiger partial charge is 0.378 e. The fourth-order valence-electron chi connectivity index (χ4n) is 5.43. The second kappa shape index (κ2) is 12.8. The van der Waals surface area contributed by atoms with E-state index in [9.17, 15) is 4.79 Å². The molecule has 2 aliphatic heterocycles. The number of anilines is 2. The second-order valence-corrected chi connectivity index (χ2v) is 11.1. The summed E-state index contributed by atoms with van der Waals surface area (Å²) in [5, 5.41) is 5.79. The number of H-pyrrole nitrogens is 1. The lowest BCUT2D eigenvalue weighted by Gasteiger charge is -2.32. The van der Waals surface area contributed by atoms with Crippen LogP contribution in [0.15, 0.2) is 67.0 Å². The molecule has 1 unspecified atom stereocenters. The molecule has 2 aliphatic rings. The van der Waals surface area contributed by atoms with Crippen molar-refractivity contribution >= 4 is 40.4 Å². The van der Waals surface area contributed by atoms with Gasteiger partial charge in [0.25, 0.3) is 5.91 Å². The first kappa shape index (κ1) is 27.4. The number of likely N-dealkylation sites (tertiary alicyclic amines) is 1. The van der Waals surface area contributed by atoms with E-state index in [2.05, 4.69) is 52.4 Å². The molecule has 0 bridgehead atoms. The normalized spacial score (nSPS) is 18.0. The molecule has 1 atom stereocenters. The maximum absolute atomic E-state index is 13.0. The van der Waals surface area contributed by atoms with Crippen molar-refractivity contribution in [1.82, 2.24) is 29.6 Å². The molecule has 4 aromatic rings. The van der Waals surface area contributed by atoms with Gasteiger partial charge in [0.15, 0.2) is 0 Å². The highest BCUT2D eigenvalue weighted by Gasteiger charge is 2.20. The molecular formula is C30H34N8O2S. The van der Waals surface area contributed by atoms with Crippen LogP contribution in [0.4, 0.5) is 11.5 Å². The number of morpholine rings is 1. The standard InChI is InChI=1S/C30H34N8O2S/c1-2-41-36-24-4-3-11-37(19-24)18-21-9-10-31-27(16-21)30(39)34-23-7-5-22(6-8-23)26-17-25-28(35-26)32-20-33-29(25)38-12-14-40-15-13-38/h2,5-10,16-17,20,24,36H,1,3-4,11-15,18-19H2,(H,34,39)(H,32,33,35). The molecule has 11 heteroatoms. The number of nitrogens with zero attached hydrogens (tertiary/aromatic N) is 5. The molecule has 212 valence electrons. The van der Waals surface area contributed by atoms with Crippen LogP contribution in [-0.2, 0) is 11.3 Å². The number of fused-ring (bicyclic) bond motifs is 1. The Labute approximate surface area is 243 Å². The zero-order chi connectivity index (χ0) is 28.0. The number of hydrogen-bond donors (Lipinski definition) is 3. The smallest absolute Gasteiger partial charge is 0.274 e. The van der Waals surface area contributed by atoms with E-state index < -0.39 is 0 Å². The van der Waals surface area contributed by atoms with Crippen LogP contribution in [-0.4, -0.2) is 76.2 Å². The van der Waals surface area contributed by atoms with E-state index in [-0.39, 0.29) is 5.91 Å². The van der Waals surface area contributed by atoms with E-state index in [1.807, 2.05) is 41.8 Å². The van der Waals surface area contributed by atoms with E-state index in [4.69, 9.17) is 4.74 Å². The lowest BCUT2D eigenvalue weighted by Crippen LogP contribution is -2.43. The molecule has 0 spiro atoms. The van der Waals surface area contributed by atoms with E-state index in [1.54, 1.807) is 24.5 Å². The van der Waals surface area contributed by atoms with Gasteiger partial charge in [-0.2, -0.15) is 0 Å². The van der Waals surface area contributed by atoms with Crippen LogP contribution in [0.5, 0.6) is 0 Å². The van der Waals surface area contributed by atoms with Gasteiger partial charge < -0.3 is 19.9 Å².